The number of aromatic nitrogens is 1. The van der Waals surface area contributed by atoms with Crippen LogP contribution in [0.5, 0.6) is 0 Å². The predicted molar refractivity (Wildman–Crippen MR) is 92.9 cm³/mol. The van der Waals surface area contributed by atoms with Gasteiger partial charge in [-0.25, -0.2) is 4.79 Å². The number of para-hydroxylation sites is 1. The monoisotopic (exact) mass is 342 g/mol. The number of nitrogens with one attached hydrogen (secondary N) is 1. The Morgan fingerprint density at radius 2 is 2.08 bits per heavy atom. The molecular weight excluding hydrogens is 320 g/mol. The summed E-state index contributed by atoms with van der Waals surface area (Å²) < 4.78 is 10.8. The Labute approximate surface area is 146 Å². The van der Waals surface area contributed by atoms with Crippen LogP contribution in [0.1, 0.15) is 38.1 Å². The Balaban J connectivity index is 1.90. The standard InChI is InChI=1S/C19H22N2O4/c1-4-21-10-9-12-11-7-5-6-8-13(11)20-15(12)16(21)14-17(22)24-19(2,3)25-18(14)23/h5-8,16,20,22H,4,9-10H2,1-3H3. The summed E-state index contributed by atoms with van der Waals surface area (Å²) >= 11 is 0. The fourth-order valence-electron chi connectivity index (χ4n) is 3.86. The second-order valence-corrected chi connectivity index (χ2v) is 6.95. The van der Waals surface area contributed by atoms with E-state index in [1.165, 1.54) is 5.56 Å². The maximum atomic E-state index is 12.6. The average Bonchev–Trinajstić information content (AvgIpc) is 2.92. The third-order valence-electron chi connectivity index (χ3n) is 4.95. The number of aromatic amines is 1. The lowest BCUT2D eigenvalue weighted by Crippen LogP contribution is -2.44. The molecule has 0 radical (unpaired) electrons. The molecule has 1 aromatic heterocycles. The van der Waals surface area contributed by atoms with Crippen LogP contribution in [0.3, 0.4) is 0 Å². The number of fused-ring (bicyclic) bond motifs is 3. The summed E-state index contributed by atoms with van der Waals surface area (Å²) in [7, 11) is 0. The third kappa shape index (κ3) is 2.48. The lowest BCUT2D eigenvalue weighted by atomic mass is 9.92. The Bertz CT molecular complexity index is 881. The number of aliphatic hydroxyl groups excluding tert-OH is 1. The molecule has 25 heavy (non-hydrogen) atoms. The van der Waals surface area contributed by atoms with Crippen LogP contribution < -0.4 is 0 Å². The first-order valence-electron chi connectivity index (χ1n) is 8.60. The van der Waals surface area contributed by atoms with Crippen LogP contribution in [0, 0.1) is 0 Å². The Morgan fingerprint density at radius 3 is 2.80 bits per heavy atom. The van der Waals surface area contributed by atoms with Crippen molar-refractivity contribution in [2.24, 2.45) is 0 Å². The van der Waals surface area contributed by atoms with Crippen molar-refractivity contribution in [2.75, 3.05) is 13.1 Å². The number of nitrogens with zero attached hydrogens (tertiary/aromatic N) is 1. The maximum Gasteiger partial charge on any atom is 0.346 e. The smallest absolute Gasteiger partial charge is 0.346 e. The number of carbonyl (C=O) groups excluding carboxylic acids is 1. The zero-order valence-electron chi connectivity index (χ0n) is 14.6. The van der Waals surface area contributed by atoms with Crippen LogP contribution in [-0.2, 0) is 20.7 Å². The molecule has 2 N–H and O–H groups in total. The van der Waals surface area contributed by atoms with Gasteiger partial charge >= 0.3 is 5.97 Å². The number of hydrogen-bond donors (Lipinski definition) is 2. The molecule has 0 saturated carbocycles. The molecule has 0 bridgehead atoms. The lowest BCUT2D eigenvalue weighted by molar-refractivity contribution is -0.223. The number of benzene rings is 1. The summed E-state index contributed by atoms with van der Waals surface area (Å²) in [6.45, 7) is 6.78. The number of ether oxygens (including phenoxy) is 2. The molecule has 2 aliphatic heterocycles. The number of H-pyrrole nitrogens is 1. The molecule has 1 atom stereocenters. The van der Waals surface area contributed by atoms with Crippen molar-refractivity contribution in [3.8, 4) is 0 Å². The molecule has 0 fully saturated rings. The molecule has 0 aliphatic carbocycles. The average molecular weight is 342 g/mol. The largest absolute Gasteiger partial charge is 0.480 e. The van der Waals surface area contributed by atoms with E-state index in [1.54, 1.807) is 13.8 Å². The molecule has 0 saturated heterocycles. The third-order valence-corrected chi connectivity index (χ3v) is 4.95. The fraction of sp³-hybridized carbons (Fsp3) is 0.421. The van der Waals surface area contributed by atoms with Crippen molar-refractivity contribution in [3.05, 3.63) is 47.0 Å². The van der Waals surface area contributed by atoms with Gasteiger partial charge in [0.05, 0.1) is 6.04 Å². The van der Waals surface area contributed by atoms with E-state index in [2.05, 4.69) is 16.0 Å². The first-order valence-corrected chi connectivity index (χ1v) is 8.60. The minimum Gasteiger partial charge on any atom is -0.480 e. The van der Waals surface area contributed by atoms with Gasteiger partial charge in [-0.15, -0.1) is 0 Å². The first kappa shape index (κ1) is 16.0. The number of carbonyl (C=O) groups is 1. The molecule has 3 heterocycles. The zero-order chi connectivity index (χ0) is 17.8. The minimum atomic E-state index is -1.17. The van der Waals surface area contributed by atoms with Gasteiger partial charge < -0.3 is 19.6 Å². The molecule has 2 aromatic rings. The summed E-state index contributed by atoms with van der Waals surface area (Å²) in [6, 6.07) is 7.68. The maximum absolute atomic E-state index is 12.6. The number of esters is 1. The van der Waals surface area contributed by atoms with Crippen LogP contribution in [0.4, 0.5) is 0 Å². The highest BCUT2D eigenvalue weighted by Crippen LogP contribution is 2.41. The number of cyclic esters (lactones) is 1. The van der Waals surface area contributed by atoms with E-state index in [4.69, 9.17) is 9.47 Å². The number of likely N-dealkylation sites (N-methyl/N-ethyl adjacent to an activating group) is 1. The van der Waals surface area contributed by atoms with E-state index < -0.39 is 17.8 Å². The fourth-order valence-corrected chi connectivity index (χ4v) is 3.86. The van der Waals surface area contributed by atoms with Gasteiger partial charge in [0.15, 0.2) is 0 Å². The van der Waals surface area contributed by atoms with Gasteiger partial charge in [-0.1, -0.05) is 25.1 Å². The van der Waals surface area contributed by atoms with Gasteiger partial charge in [0, 0.05) is 37.0 Å². The van der Waals surface area contributed by atoms with Crippen LogP contribution in [0.2, 0.25) is 0 Å². The molecule has 1 aromatic carbocycles. The molecule has 4 rings (SSSR count). The zero-order valence-corrected chi connectivity index (χ0v) is 14.6. The van der Waals surface area contributed by atoms with Crippen molar-refractivity contribution in [2.45, 2.75) is 39.0 Å². The van der Waals surface area contributed by atoms with Gasteiger partial charge in [0.2, 0.25) is 0 Å². The van der Waals surface area contributed by atoms with Gasteiger partial charge in [0.1, 0.15) is 5.57 Å². The van der Waals surface area contributed by atoms with Crippen molar-refractivity contribution >= 4 is 16.9 Å². The van der Waals surface area contributed by atoms with Crippen molar-refractivity contribution < 1.29 is 19.4 Å². The quantitative estimate of drug-likeness (QED) is 0.820. The van der Waals surface area contributed by atoms with Crippen LogP contribution in [-0.4, -0.2) is 39.8 Å². The van der Waals surface area contributed by atoms with Crippen molar-refractivity contribution in [1.29, 1.82) is 0 Å². The predicted octanol–water partition coefficient (Wildman–Crippen LogP) is 3.17. The molecule has 1 unspecified atom stereocenters. The van der Waals surface area contributed by atoms with Crippen molar-refractivity contribution in [3.63, 3.8) is 0 Å². The summed E-state index contributed by atoms with van der Waals surface area (Å²) in [6.07, 6.45) is 0.888. The second kappa shape index (κ2) is 5.52. The van der Waals surface area contributed by atoms with E-state index >= 15 is 0 Å². The highest BCUT2D eigenvalue weighted by atomic mass is 16.8. The summed E-state index contributed by atoms with van der Waals surface area (Å²) in [5.74, 6) is -2.06. The summed E-state index contributed by atoms with van der Waals surface area (Å²) in [5.41, 5.74) is 3.30. The van der Waals surface area contributed by atoms with Gasteiger partial charge in [-0.2, -0.15) is 0 Å². The number of aliphatic hydroxyl groups is 1. The second-order valence-electron chi connectivity index (χ2n) is 6.95. The normalized spacial score (nSPS) is 23.3. The van der Waals surface area contributed by atoms with Crippen LogP contribution >= 0.6 is 0 Å². The topological polar surface area (TPSA) is 74.8 Å². The molecular formula is C19H22N2O4. The highest BCUT2D eigenvalue weighted by Gasteiger charge is 2.44. The molecule has 6 heteroatoms. The number of hydrogen-bond acceptors (Lipinski definition) is 5. The van der Waals surface area contributed by atoms with Crippen LogP contribution in [0.15, 0.2) is 35.8 Å². The van der Waals surface area contributed by atoms with E-state index in [9.17, 15) is 9.90 Å². The Hall–Kier alpha value is -2.47. The summed E-state index contributed by atoms with van der Waals surface area (Å²) in [4.78, 5) is 18.2. The minimum absolute atomic E-state index is 0.161. The van der Waals surface area contributed by atoms with E-state index in [-0.39, 0.29) is 11.5 Å². The van der Waals surface area contributed by atoms with E-state index in [1.807, 2.05) is 25.1 Å². The molecule has 0 spiro atoms. The molecule has 6 nitrogen and oxygen atoms in total. The van der Waals surface area contributed by atoms with Crippen molar-refractivity contribution in [1.82, 2.24) is 9.88 Å². The van der Waals surface area contributed by atoms with Gasteiger partial charge in [-0.3, -0.25) is 4.90 Å². The molecule has 0 amide bonds. The summed E-state index contributed by atoms with van der Waals surface area (Å²) in [5, 5.41) is 11.6. The lowest BCUT2D eigenvalue weighted by Gasteiger charge is -2.39. The number of rotatable bonds is 2. The Kier molecular flexibility index (Phi) is 3.54. The molecule has 132 valence electrons. The molecule has 2 aliphatic rings. The first-order chi connectivity index (χ1) is 11.9. The van der Waals surface area contributed by atoms with Gasteiger partial charge in [-0.05, 0) is 24.6 Å². The highest BCUT2D eigenvalue weighted by molar-refractivity contribution is 5.92. The van der Waals surface area contributed by atoms with E-state index in [0.717, 1.165) is 36.1 Å². The van der Waals surface area contributed by atoms with Gasteiger partial charge in [0.25, 0.3) is 11.7 Å². The van der Waals surface area contributed by atoms with E-state index in [0.29, 0.717) is 0 Å². The van der Waals surface area contributed by atoms with Crippen LogP contribution in [0.25, 0.3) is 10.9 Å². The SMILES string of the molecule is CCN1CCc2c([nH]c3ccccc23)C1C1=C(O)OC(C)(C)OC1=O. The Morgan fingerprint density at radius 1 is 1.32 bits per heavy atom.